The molecular weight excluding hydrogens is 640 g/mol. The third-order valence-corrected chi connectivity index (χ3v) is 7.80. The normalized spacial score (nSPS) is 12.9. The van der Waals surface area contributed by atoms with Crippen LogP contribution in [0.2, 0.25) is 0 Å². The molecule has 1 aliphatic rings. The molecular formula is C25H20F3IN2O6S. The SMILES string of the molecule is O=C(Nc1ccc(C(=O)OCCNS(=O)(=O)C(F)(F)F)cc1I)OCC1c2ccccc2-c2ccccc21. The Labute approximate surface area is 229 Å². The van der Waals surface area contributed by atoms with Crippen LogP contribution in [0.5, 0.6) is 0 Å². The largest absolute Gasteiger partial charge is 0.511 e. The zero-order valence-corrected chi connectivity index (χ0v) is 22.4. The third-order valence-electron chi connectivity index (χ3n) is 5.72. The van der Waals surface area contributed by atoms with Crippen molar-refractivity contribution in [1.82, 2.24) is 4.72 Å². The predicted molar refractivity (Wildman–Crippen MR) is 141 cm³/mol. The van der Waals surface area contributed by atoms with Crippen LogP contribution < -0.4 is 10.0 Å². The van der Waals surface area contributed by atoms with Crippen LogP contribution >= 0.6 is 22.6 Å². The first-order chi connectivity index (χ1) is 18.0. The van der Waals surface area contributed by atoms with Crippen LogP contribution in [-0.2, 0) is 19.5 Å². The molecule has 0 radical (unpaired) electrons. The lowest BCUT2D eigenvalue weighted by Gasteiger charge is -2.15. The Balaban J connectivity index is 1.31. The van der Waals surface area contributed by atoms with Crippen molar-refractivity contribution in [2.45, 2.75) is 11.4 Å². The van der Waals surface area contributed by atoms with Gasteiger partial charge in [0.25, 0.3) is 0 Å². The van der Waals surface area contributed by atoms with Gasteiger partial charge < -0.3 is 9.47 Å². The molecule has 1 amide bonds. The molecule has 2 N–H and O–H groups in total. The van der Waals surface area contributed by atoms with E-state index < -0.39 is 40.7 Å². The maximum absolute atomic E-state index is 12.5. The molecule has 3 aromatic carbocycles. The highest BCUT2D eigenvalue weighted by Gasteiger charge is 2.45. The number of alkyl halides is 3. The lowest BCUT2D eigenvalue weighted by molar-refractivity contribution is -0.0448. The smallest absolute Gasteiger partial charge is 0.461 e. The fourth-order valence-corrected chi connectivity index (χ4v) is 5.14. The second-order valence-corrected chi connectivity index (χ2v) is 11.0. The molecule has 0 saturated carbocycles. The number of hydrogen-bond donors (Lipinski definition) is 2. The van der Waals surface area contributed by atoms with E-state index in [0.717, 1.165) is 22.3 Å². The summed E-state index contributed by atoms with van der Waals surface area (Å²) >= 11 is 1.89. The number of rotatable bonds is 8. The van der Waals surface area contributed by atoms with Crippen LogP contribution in [-0.4, -0.2) is 45.7 Å². The summed E-state index contributed by atoms with van der Waals surface area (Å²) in [6.07, 6.45) is -0.683. The summed E-state index contributed by atoms with van der Waals surface area (Å²) in [4.78, 5) is 24.7. The van der Waals surface area contributed by atoms with Crippen LogP contribution in [0.3, 0.4) is 0 Å². The Bertz CT molecular complexity index is 1430. The van der Waals surface area contributed by atoms with Gasteiger partial charge in [-0.2, -0.15) is 13.2 Å². The molecule has 0 fully saturated rings. The van der Waals surface area contributed by atoms with Crippen LogP contribution in [0, 0.1) is 3.57 Å². The highest BCUT2D eigenvalue weighted by Crippen LogP contribution is 2.44. The average Bonchev–Trinajstić information content (AvgIpc) is 3.19. The molecule has 4 rings (SSSR count). The van der Waals surface area contributed by atoms with Crippen molar-refractivity contribution in [2.24, 2.45) is 0 Å². The number of anilines is 1. The molecule has 8 nitrogen and oxygen atoms in total. The first-order valence-corrected chi connectivity index (χ1v) is 13.7. The summed E-state index contributed by atoms with van der Waals surface area (Å²) < 4.78 is 70.9. The summed E-state index contributed by atoms with van der Waals surface area (Å²) in [6.45, 7) is -1.23. The average molecular weight is 660 g/mol. The number of fused-ring (bicyclic) bond motifs is 3. The number of benzene rings is 3. The molecule has 0 atom stereocenters. The summed E-state index contributed by atoms with van der Waals surface area (Å²) in [5, 5.41) is 2.63. The Morgan fingerprint density at radius 3 is 2.11 bits per heavy atom. The van der Waals surface area contributed by atoms with E-state index in [1.54, 1.807) is 0 Å². The molecule has 13 heteroatoms. The Kier molecular flexibility index (Phi) is 8.28. The van der Waals surface area contributed by atoms with Gasteiger partial charge in [0.1, 0.15) is 13.2 Å². The van der Waals surface area contributed by atoms with Gasteiger partial charge in [-0.3, -0.25) is 5.32 Å². The van der Waals surface area contributed by atoms with E-state index in [1.807, 2.05) is 71.1 Å². The van der Waals surface area contributed by atoms with Crippen LogP contribution in [0.4, 0.5) is 23.7 Å². The number of hydrogen-bond acceptors (Lipinski definition) is 6. The zero-order valence-electron chi connectivity index (χ0n) is 19.4. The van der Waals surface area contributed by atoms with E-state index in [9.17, 15) is 31.2 Å². The lowest BCUT2D eigenvalue weighted by Crippen LogP contribution is -2.38. The molecule has 0 spiro atoms. The topological polar surface area (TPSA) is 111 Å². The van der Waals surface area contributed by atoms with Crippen LogP contribution in [0.15, 0.2) is 66.7 Å². The van der Waals surface area contributed by atoms with Crippen molar-refractivity contribution in [2.75, 3.05) is 25.1 Å². The maximum atomic E-state index is 12.5. The van der Waals surface area contributed by atoms with Gasteiger partial charge in [0.15, 0.2) is 0 Å². The van der Waals surface area contributed by atoms with Crippen molar-refractivity contribution in [1.29, 1.82) is 0 Å². The fourth-order valence-electron chi connectivity index (χ4n) is 3.97. The summed E-state index contributed by atoms with van der Waals surface area (Å²) in [5.41, 5.74) is -0.666. The first-order valence-electron chi connectivity index (χ1n) is 11.1. The number of ether oxygens (including phenoxy) is 2. The third kappa shape index (κ3) is 6.10. The van der Waals surface area contributed by atoms with Crippen molar-refractivity contribution in [3.63, 3.8) is 0 Å². The molecule has 0 heterocycles. The number of carbonyl (C=O) groups is 2. The number of sulfonamides is 1. The van der Waals surface area contributed by atoms with Gasteiger partial charge in [0.2, 0.25) is 0 Å². The van der Waals surface area contributed by atoms with Crippen molar-refractivity contribution in [3.05, 3.63) is 87.0 Å². The van der Waals surface area contributed by atoms with Gasteiger partial charge >= 0.3 is 27.6 Å². The summed E-state index contributed by atoms with van der Waals surface area (Å²) in [6, 6.07) is 20.1. The lowest BCUT2D eigenvalue weighted by atomic mass is 9.98. The van der Waals surface area contributed by atoms with E-state index in [4.69, 9.17) is 9.47 Å². The number of nitrogens with one attached hydrogen (secondary N) is 2. The van der Waals surface area contributed by atoms with Gasteiger partial charge in [0.05, 0.1) is 11.3 Å². The standard InChI is InChI=1S/C25H20F3IN2O6S/c26-25(27,28)38(34,35)30-11-12-36-23(32)15-9-10-22(21(29)13-15)31-24(33)37-14-20-18-7-3-1-5-16(18)17-6-2-4-8-19(17)20/h1-10,13,20,30H,11-12,14H2,(H,31,33). The predicted octanol–water partition coefficient (Wildman–Crippen LogP) is 5.25. The Hall–Kier alpha value is -3.17. The molecule has 0 unspecified atom stereocenters. The Morgan fingerprint density at radius 2 is 1.53 bits per heavy atom. The van der Waals surface area contributed by atoms with E-state index in [-0.39, 0.29) is 18.1 Å². The van der Waals surface area contributed by atoms with E-state index >= 15 is 0 Å². The van der Waals surface area contributed by atoms with Gasteiger partial charge in [0, 0.05) is 16.0 Å². The van der Waals surface area contributed by atoms with E-state index in [2.05, 4.69) is 5.32 Å². The maximum Gasteiger partial charge on any atom is 0.511 e. The zero-order chi connectivity index (χ0) is 27.5. The molecule has 38 heavy (non-hydrogen) atoms. The second kappa shape index (κ2) is 11.3. The van der Waals surface area contributed by atoms with Crippen LogP contribution in [0.25, 0.3) is 11.1 Å². The minimum absolute atomic E-state index is 0.0613. The molecule has 1 aliphatic carbocycles. The number of esters is 1. The van der Waals surface area contributed by atoms with E-state index in [1.165, 1.54) is 22.9 Å². The number of amides is 1. The molecule has 0 saturated heterocycles. The molecule has 3 aromatic rings. The number of carbonyl (C=O) groups excluding carboxylic acids is 2. The second-order valence-electron chi connectivity index (χ2n) is 8.12. The van der Waals surface area contributed by atoms with Gasteiger partial charge in [-0.15, -0.1) is 0 Å². The van der Waals surface area contributed by atoms with Gasteiger partial charge in [-0.05, 0) is 63.0 Å². The highest BCUT2D eigenvalue weighted by atomic mass is 127. The first kappa shape index (κ1) is 27.9. The summed E-state index contributed by atoms with van der Waals surface area (Å²) in [7, 11) is -5.52. The fraction of sp³-hybridized carbons (Fsp3) is 0.200. The minimum Gasteiger partial charge on any atom is -0.461 e. The molecule has 0 aromatic heterocycles. The number of halogens is 4. The van der Waals surface area contributed by atoms with Gasteiger partial charge in [-0.25, -0.2) is 22.7 Å². The molecule has 200 valence electrons. The summed E-state index contributed by atoms with van der Waals surface area (Å²) in [5.74, 6) is -0.980. The van der Waals surface area contributed by atoms with Crippen LogP contribution in [0.1, 0.15) is 27.4 Å². The highest BCUT2D eigenvalue weighted by molar-refractivity contribution is 14.1. The quantitative estimate of drug-likeness (QED) is 0.194. The molecule has 0 aliphatic heterocycles. The van der Waals surface area contributed by atoms with Crippen molar-refractivity contribution < 1.29 is 40.7 Å². The van der Waals surface area contributed by atoms with Gasteiger partial charge in [-0.1, -0.05) is 48.5 Å². The minimum atomic E-state index is -5.52. The van der Waals surface area contributed by atoms with Crippen molar-refractivity contribution in [3.8, 4) is 11.1 Å². The molecule has 0 bridgehead atoms. The van der Waals surface area contributed by atoms with E-state index in [0.29, 0.717) is 9.26 Å². The monoisotopic (exact) mass is 660 g/mol. The Morgan fingerprint density at radius 1 is 0.921 bits per heavy atom. The van der Waals surface area contributed by atoms with Crippen molar-refractivity contribution >= 4 is 50.4 Å².